The molecule has 0 aliphatic heterocycles. The van der Waals surface area contributed by atoms with Crippen molar-refractivity contribution in [2.75, 3.05) is 0 Å². The van der Waals surface area contributed by atoms with Crippen LogP contribution in [0.25, 0.3) is 10.9 Å². The fraction of sp³-hybridized carbons (Fsp3) is 0.267. The molecule has 2 N–H and O–H groups in total. The van der Waals surface area contributed by atoms with Crippen molar-refractivity contribution in [1.82, 2.24) is 15.2 Å². The number of rotatable bonds is 3. The van der Waals surface area contributed by atoms with Gasteiger partial charge in [-0.2, -0.15) is 5.10 Å². The molecular formula is C15H17N3. The predicted molar refractivity (Wildman–Crippen MR) is 73.8 cm³/mol. The topological polar surface area (TPSA) is 44.5 Å². The summed E-state index contributed by atoms with van der Waals surface area (Å²) >= 11 is 0. The van der Waals surface area contributed by atoms with Gasteiger partial charge in [-0.3, -0.25) is 5.10 Å². The van der Waals surface area contributed by atoms with E-state index in [-0.39, 0.29) is 0 Å². The van der Waals surface area contributed by atoms with Crippen LogP contribution in [0.4, 0.5) is 0 Å². The van der Waals surface area contributed by atoms with Gasteiger partial charge in [-0.05, 0) is 35.1 Å². The molecule has 0 aliphatic rings. The molecule has 2 heterocycles. The summed E-state index contributed by atoms with van der Waals surface area (Å²) in [6.45, 7) is 4.44. The Morgan fingerprint density at radius 2 is 2.00 bits per heavy atom. The zero-order valence-corrected chi connectivity index (χ0v) is 10.7. The maximum absolute atomic E-state index is 3.97. The molecule has 0 bridgehead atoms. The van der Waals surface area contributed by atoms with Crippen molar-refractivity contribution < 1.29 is 0 Å². The molecule has 0 radical (unpaired) electrons. The van der Waals surface area contributed by atoms with Gasteiger partial charge in [0.25, 0.3) is 0 Å². The van der Waals surface area contributed by atoms with Crippen molar-refractivity contribution in [2.24, 2.45) is 0 Å². The lowest BCUT2D eigenvalue weighted by atomic mass is 10.0. The summed E-state index contributed by atoms with van der Waals surface area (Å²) in [4.78, 5) is 3.48. The fourth-order valence-electron chi connectivity index (χ4n) is 2.25. The second kappa shape index (κ2) is 4.33. The molecule has 3 heteroatoms. The summed E-state index contributed by atoms with van der Waals surface area (Å²) in [7, 11) is 0. The Kier molecular flexibility index (Phi) is 2.67. The third kappa shape index (κ3) is 2.04. The monoisotopic (exact) mass is 239 g/mol. The molecule has 3 nitrogen and oxygen atoms in total. The first-order valence-electron chi connectivity index (χ1n) is 6.32. The highest BCUT2D eigenvalue weighted by Gasteiger charge is 2.05. The third-order valence-corrected chi connectivity index (χ3v) is 3.31. The van der Waals surface area contributed by atoms with Gasteiger partial charge in [-0.15, -0.1) is 0 Å². The second-order valence-corrected chi connectivity index (χ2v) is 5.05. The second-order valence-electron chi connectivity index (χ2n) is 5.05. The van der Waals surface area contributed by atoms with Crippen molar-refractivity contribution in [1.29, 1.82) is 0 Å². The molecule has 0 spiro atoms. The highest BCUT2D eigenvalue weighted by atomic mass is 15.1. The van der Waals surface area contributed by atoms with Crippen LogP contribution in [0.1, 0.15) is 36.7 Å². The van der Waals surface area contributed by atoms with E-state index in [0.717, 1.165) is 12.1 Å². The van der Waals surface area contributed by atoms with Crippen LogP contribution < -0.4 is 0 Å². The van der Waals surface area contributed by atoms with Gasteiger partial charge in [0, 0.05) is 29.5 Å². The molecule has 0 atom stereocenters. The SMILES string of the molecule is CC(C)c1ccc2cc(Cc3ccn[nH]3)[nH]c2c1. The first-order chi connectivity index (χ1) is 8.72. The van der Waals surface area contributed by atoms with Gasteiger partial charge in [0.2, 0.25) is 0 Å². The van der Waals surface area contributed by atoms with Gasteiger partial charge in [0.15, 0.2) is 0 Å². The van der Waals surface area contributed by atoms with Crippen molar-refractivity contribution in [2.45, 2.75) is 26.2 Å². The van der Waals surface area contributed by atoms with Crippen LogP contribution in [-0.4, -0.2) is 15.2 Å². The minimum atomic E-state index is 0.564. The number of aromatic nitrogens is 3. The van der Waals surface area contributed by atoms with Gasteiger partial charge in [0.1, 0.15) is 0 Å². The molecule has 0 unspecified atom stereocenters. The van der Waals surface area contributed by atoms with Gasteiger partial charge in [-0.1, -0.05) is 26.0 Å². The number of fused-ring (bicyclic) bond motifs is 1. The Labute approximate surface area is 106 Å². The van der Waals surface area contributed by atoms with Gasteiger partial charge >= 0.3 is 0 Å². The number of nitrogens with zero attached hydrogens (tertiary/aromatic N) is 1. The van der Waals surface area contributed by atoms with E-state index in [4.69, 9.17) is 0 Å². The number of hydrogen-bond donors (Lipinski definition) is 2. The first-order valence-corrected chi connectivity index (χ1v) is 6.32. The number of aromatic amines is 2. The lowest BCUT2D eigenvalue weighted by Gasteiger charge is -2.04. The summed E-state index contributed by atoms with van der Waals surface area (Å²) in [6.07, 6.45) is 2.65. The zero-order chi connectivity index (χ0) is 12.5. The normalized spacial score (nSPS) is 11.5. The molecule has 92 valence electrons. The van der Waals surface area contributed by atoms with Crippen molar-refractivity contribution >= 4 is 10.9 Å². The molecule has 0 saturated heterocycles. The standard InChI is InChI=1S/C15H17N3/c1-10(2)11-3-4-12-7-14(17-15(12)8-11)9-13-5-6-16-18-13/h3-8,10,17H,9H2,1-2H3,(H,16,18). The van der Waals surface area contributed by atoms with Crippen LogP contribution in [0.5, 0.6) is 0 Å². The molecule has 3 rings (SSSR count). The summed E-state index contributed by atoms with van der Waals surface area (Å²) in [5, 5.41) is 8.23. The molecule has 1 aromatic carbocycles. The summed E-state index contributed by atoms with van der Waals surface area (Å²) < 4.78 is 0. The zero-order valence-electron chi connectivity index (χ0n) is 10.7. The molecule has 0 amide bonds. The maximum Gasteiger partial charge on any atom is 0.0490 e. The lowest BCUT2D eigenvalue weighted by molar-refractivity contribution is 0.868. The Hall–Kier alpha value is -2.03. The molecule has 18 heavy (non-hydrogen) atoms. The Balaban J connectivity index is 1.95. The Bertz CT molecular complexity index is 647. The predicted octanol–water partition coefficient (Wildman–Crippen LogP) is 3.61. The van der Waals surface area contributed by atoms with Crippen LogP contribution in [0, 0.1) is 0 Å². The van der Waals surface area contributed by atoms with E-state index in [9.17, 15) is 0 Å². The van der Waals surface area contributed by atoms with Gasteiger partial charge in [-0.25, -0.2) is 0 Å². The highest BCUT2D eigenvalue weighted by Crippen LogP contribution is 2.22. The summed E-state index contributed by atoms with van der Waals surface area (Å²) in [5.41, 5.74) is 4.94. The van der Waals surface area contributed by atoms with Crippen LogP contribution in [0.2, 0.25) is 0 Å². The van der Waals surface area contributed by atoms with Crippen molar-refractivity contribution in [3.8, 4) is 0 Å². The Morgan fingerprint density at radius 3 is 2.72 bits per heavy atom. The quantitative estimate of drug-likeness (QED) is 0.720. The molecule has 0 saturated carbocycles. The lowest BCUT2D eigenvalue weighted by Crippen LogP contribution is -1.88. The van der Waals surface area contributed by atoms with Crippen molar-refractivity contribution in [3.05, 3.63) is 53.5 Å². The first kappa shape index (κ1) is 11.1. The van der Waals surface area contributed by atoms with E-state index in [1.54, 1.807) is 6.20 Å². The number of benzene rings is 1. The van der Waals surface area contributed by atoms with Gasteiger partial charge < -0.3 is 4.98 Å². The van der Waals surface area contributed by atoms with Gasteiger partial charge in [0.05, 0.1) is 0 Å². The van der Waals surface area contributed by atoms with E-state index in [1.165, 1.54) is 22.2 Å². The fourth-order valence-corrected chi connectivity index (χ4v) is 2.25. The average molecular weight is 239 g/mol. The van der Waals surface area contributed by atoms with Crippen LogP contribution in [-0.2, 0) is 6.42 Å². The minimum Gasteiger partial charge on any atom is -0.358 e. The third-order valence-electron chi connectivity index (χ3n) is 3.31. The van der Waals surface area contributed by atoms with E-state index >= 15 is 0 Å². The minimum absolute atomic E-state index is 0.564. The van der Waals surface area contributed by atoms with E-state index in [1.807, 2.05) is 6.07 Å². The summed E-state index contributed by atoms with van der Waals surface area (Å²) in [6, 6.07) is 10.9. The van der Waals surface area contributed by atoms with Crippen LogP contribution in [0.15, 0.2) is 36.5 Å². The molecule has 0 fully saturated rings. The Morgan fingerprint density at radius 1 is 1.11 bits per heavy atom. The molecule has 3 aromatic rings. The maximum atomic E-state index is 3.97. The summed E-state index contributed by atoms with van der Waals surface area (Å²) in [5.74, 6) is 0.564. The number of nitrogens with one attached hydrogen (secondary N) is 2. The van der Waals surface area contributed by atoms with Crippen molar-refractivity contribution in [3.63, 3.8) is 0 Å². The van der Waals surface area contributed by atoms with Crippen LogP contribution in [0.3, 0.4) is 0 Å². The largest absolute Gasteiger partial charge is 0.358 e. The van der Waals surface area contributed by atoms with Crippen LogP contribution >= 0.6 is 0 Å². The smallest absolute Gasteiger partial charge is 0.0490 e. The number of hydrogen-bond acceptors (Lipinski definition) is 1. The average Bonchev–Trinajstić information content (AvgIpc) is 2.96. The van der Waals surface area contributed by atoms with E-state index in [0.29, 0.717) is 5.92 Å². The van der Waals surface area contributed by atoms with E-state index < -0.39 is 0 Å². The molecule has 2 aromatic heterocycles. The molecule has 0 aliphatic carbocycles. The highest BCUT2D eigenvalue weighted by molar-refractivity contribution is 5.81. The number of H-pyrrole nitrogens is 2. The van der Waals surface area contributed by atoms with E-state index in [2.05, 4.69) is 53.3 Å². The molecular weight excluding hydrogens is 222 g/mol.